The third kappa shape index (κ3) is 5.93. The lowest BCUT2D eigenvalue weighted by molar-refractivity contribution is -0.142. The summed E-state index contributed by atoms with van der Waals surface area (Å²) in [5.41, 5.74) is 2.53. The summed E-state index contributed by atoms with van der Waals surface area (Å²) < 4.78 is 30.5. The zero-order valence-electron chi connectivity index (χ0n) is 23.6. The second-order valence-corrected chi connectivity index (χ2v) is 13.0. The second kappa shape index (κ2) is 11.9. The Morgan fingerprint density at radius 2 is 1.52 bits per heavy atom. The van der Waals surface area contributed by atoms with Crippen molar-refractivity contribution < 1.29 is 33.6 Å². The maximum absolute atomic E-state index is 13.1. The molecule has 0 radical (unpaired) electrons. The molecule has 226 valence electrons. The monoisotopic (exact) mass is 600 g/mol. The minimum atomic E-state index is -3.63. The first-order valence-corrected chi connectivity index (χ1v) is 15.4. The lowest BCUT2D eigenvalue weighted by Gasteiger charge is -2.38. The molecule has 2 aliphatic rings. The summed E-state index contributed by atoms with van der Waals surface area (Å²) >= 11 is 0. The predicted octanol–water partition coefficient (Wildman–Crippen LogP) is 2.33. The average Bonchev–Trinajstić information content (AvgIpc) is 3.34. The van der Waals surface area contributed by atoms with Crippen molar-refractivity contribution in [3.63, 3.8) is 0 Å². The largest absolute Gasteiger partial charge is 0.508 e. The number of hydrogen-bond donors (Lipinski definition) is 4. The van der Waals surface area contributed by atoms with Gasteiger partial charge in [0, 0.05) is 51.9 Å². The summed E-state index contributed by atoms with van der Waals surface area (Å²) in [6, 6.07) is 9.99. The molecule has 4 N–H and O–H groups in total. The number of piperazine rings is 1. The molecule has 2 aromatic carbocycles. The van der Waals surface area contributed by atoms with E-state index in [1.807, 2.05) is 38.1 Å². The number of carboxylic acid groups (broad SMARTS) is 1. The molecule has 14 heteroatoms. The van der Waals surface area contributed by atoms with Crippen molar-refractivity contribution >= 4 is 16.2 Å². The lowest BCUT2D eigenvalue weighted by atomic mass is 9.98. The average molecular weight is 601 g/mol. The standard InChI is InChI=1S/C28H36N6O7S/c1-18(2)22-15-23(25(36)16-24(22)35)26-29-30-28(39)34(26)21-5-3-19(4-6-21)17-31-11-13-33(14-12-31)42(40,41)32-9-7-20(8-10-32)27(37)38/h3-6,15-16,18,20,35-36H,7-14,17H2,1-2H3,(H,30,39)(H,37,38). The number of aromatic hydroxyl groups is 3. The zero-order valence-corrected chi connectivity index (χ0v) is 24.4. The van der Waals surface area contributed by atoms with Gasteiger partial charge in [0.2, 0.25) is 0 Å². The Kier molecular flexibility index (Phi) is 8.42. The maximum atomic E-state index is 13.1. The minimum absolute atomic E-state index is 0.00748. The van der Waals surface area contributed by atoms with Gasteiger partial charge >= 0.3 is 12.0 Å². The Bertz CT molecular complexity index is 1540. The zero-order chi connectivity index (χ0) is 30.2. The number of phenolic OH excluding ortho intramolecular Hbond substituents is 2. The van der Waals surface area contributed by atoms with Crippen LogP contribution in [0.15, 0.2) is 36.4 Å². The van der Waals surface area contributed by atoms with Crippen LogP contribution < -0.4 is 0 Å². The van der Waals surface area contributed by atoms with E-state index in [2.05, 4.69) is 15.1 Å². The highest BCUT2D eigenvalue weighted by atomic mass is 32.2. The molecule has 42 heavy (non-hydrogen) atoms. The Morgan fingerprint density at radius 1 is 0.905 bits per heavy atom. The number of carboxylic acids is 1. The highest BCUT2D eigenvalue weighted by Crippen LogP contribution is 2.38. The van der Waals surface area contributed by atoms with Crippen molar-refractivity contribution in [3.05, 3.63) is 47.5 Å². The Morgan fingerprint density at radius 3 is 2.12 bits per heavy atom. The fourth-order valence-corrected chi connectivity index (χ4v) is 7.17. The van der Waals surface area contributed by atoms with Crippen LogP contribution >= 0.6 is 0 Å². The van der Waals surface area contributed by atoms with Crippen molar-refractivity contribution in [1.29, 1.82) is 0 Å². The second-order valence-electron chi connectivity index (χ2n) is 11.1. The van der Waals surface area contributed by atoms with E-state index < -0.39 is 22.1 Å². The van der Waals surface area contributed by atoms with Crippen molar-refractivity contribution in [2.24, 2.45) is 5.92 Å². The number of hydrogen-bond acceptors (Lipinski definition) is 9. The van der Waals surface area contributed by atoms with Gasteiger partial charge in [0.05, 0.1) is 17.2 Å². The molecule has 0 aliphatic carbocycles. The van der Waals surface area contributed by atoms with Gasteiger partial charge in [0.25, 0.3) is 10.2 Å². The normalized spacial score (nSPS) is 18.1. The lowest BCUT2D eigenvalue weighted by Crippen LogP contribution is -2.54. The van der Waals surface area contributed by atoms with Gasteiger partial charge in [-0.05, 0) is 48.1 Å². The van der Waals surface area contributed by atoms with E-state index in [0.717, 1.165) is 5.56 Å². The van der Waals surface area contributed by atoms with Gasteiger partial charge in [-0.2, -0.15) is 17.0 Å². The highest BCUT2D eigenvalue weighted by Gasteiger charge is 2.36. The molecule has 5 rings (SSSR count). The fourth-order valence-electron chi connectivity index (χ4n) is 5.55. The summed E-state index contributed by atoms with van der Waals surface area (Å²) in [6.45, 7) is 6.71. The van der Waals surface area contributed by atoms with Crippen molar-refractivity contribution in [3.8, 4) is 34.6 Å². The number of benzene rings is 2. The third-order valence-electron chi connectivity index (χ3n) is 8.04. The SMILES string of the molecule is CC(C)c1cc(-c2nnc(O)n2-c2ccc(CN3CCN(S(=O)(=O)N4CCC(C(=O)O)CC4)CC3)cc2)c(O)cc1O. The van der Waals surface area contributed by atoms with Crippen molar-refractivity contribution in [1.82, 2.24) is 28.3 Å². The first kappa shape index (κ1) is 29.8. The van der Waals surface area contributed by atoms with Gasteiger partial charge < -0.3 is 20.4 Å². The van der Waals surface area contributed by atoms with E-state index in [9.17, 15) is 33.6 Å². The summed E-state index contributed by atoms with van der Waals surface area (Å²) in [7, 11) is -3.63. The molecule has 3 aromatic rings. The first-order chi connectivity index (χ1) is 20.0. The van der Waals surface area contributed by atoms with E-state index in [1.54, 1.807) is 6.07 Å². The molecule has 3 heterocycles. The third-order valence-corrected chi connectivity index (χ3v) is 10.1. The first-order valence-electron chi connectivity index (χ1n) is 14.0. The number of phenols is 2. The van der Waals surface area contributed by atoms with Gasteiger partial charge in [-0.25, -0.2) is 4.57 Å². The Balaban J connectivity index is 1.24. The summed E-state index contributed by atoms with van der Waals surface area (Å²) in [5, 5.41) is 48.3. The molecular weight excluding hydrogens is 564 g/mol. The van der Waals surface area contributed by atoms with E-state index in [0.29, 0.717) is 62.4 Å². The van der Waals surface area contributed by atoms with Crippen LogP contribution in [0.25, 0.3) is 17.1 Å². The van der Waals surface area contributed by atoms with Gasteiger partial charge in [0.15, 0.2) is 5.82 Å². The summed E-state index contributed by atoms with van der Waals surface area (Å²) in [4.78, 5) is 13.4. The van der Waals surface area contributed by atoms with Crippen LogP contribution in [0, 0.1) is 5.92 Å². The molecule has 2 aliphatic heterocycles. The number of aliphatic carboxylic acids is 1. The minimum Gasteiger partial charge on any atom is -0.508 e. The molecule has 0 bridgehead atoms. The fraction of sp³-hybridized carbons (Fsp3) is 0.464. The number of rotatable bonds is 8. The van der Waals surface area contributed by atoms with Gasteiger partial charge in [-0.3, -0.25) is 9.69 Å². The van der Waals surface area contributed by atoms with E-state index in [4.69, 9.17) is 0 Å². The van der Waals surface area contributed by atoms with Crippen LogP contribution in [0.2, 0.25) is 0 Å². The number of nitrogens with zero attached hydrogens (tertiary/aromatic N) is 6. The molecule has 0 saturated carbocycles. The van der Waals surface area contributed by atoms with Gasteiger partial charge in [-0.15, -0.1) is 5.10 Å². The molecule has 0 spiro atoms. The van der Waals surface area contributed by atoms with Crippen LogP contribution in [0.3, 0.4) is 0 Å². The van der Waals surface area contributed by atoms with Crippen LogP contribution in [0.1, 0.15) is 43.7 Å². The number of piperidine rings is 1. The maximum Gasteiger partial charge on any atom is 0.319 e. The summed E-state index contributed by atoms with van der Waals surface area (Å²) in [5.74, 6) is -1.35. The molecule has 0 unspecified atom stereocenters. The Hall–Kier alpha value is -3.72. The van der Waals surface area contributed by atoms with Crippen molar-refractivity contribution in [2.75, 3.05) is 39.3 Å². The number of aromatic nitrogens is 3. The van der Waals surface area contributed by atoms with Gasteiger partial charge in [0.1, 0.15) is 11.5 Å². The number of carbonyl (C=O) groups is 1. The van der Waals surface area contributed by atoms with E-state index >= 15 is 0 Å². The van der Waals surface area contributed by atoms with Crippen LogP contribution in [-0.2, 0) is 21.5 Å². The molecule has 1 aromatic heterocycles. The predicted molar refractivity (Wildman–Crippen MR) is 154 cm³/mol. The molecule has 0 atom stereocenters. The van der Waals surface area contributed by atoms with Gasteiger partial charge in [-0.1, -0.05) is 31.1 Å². The van der Waals surface area contributed by atoms with E-state index in [1.165, 1.54) is 19.2 Å². The Labute approximate surface area is 244 Å². The quantitative estimate of drug-likeness (QED) is 0.301. The smallest absolute Gasteiger partial charge is 0.319 e. The van der Waals surface area contributed by atoms with Crippen LogP contribution in [0.5, 0.6) is 17.5 Å². The molecular formula is C28H36N6O7S. The van der Waals surface area contributed by atoms with E-state index in [-0.39, 0.29) is 42.3 Å². The highest BCUT2D eigenvalue weighted by molar-refractivity contribution is 7.86. The molecule has 2 saturated heterocycles. The summed E-state index contributed by atoms with van der Waals surface area (Å²) in [6.07, 6.45) is 0.655. The topological polar surface area (TPSA) is 173 Å². The molecule has 13 nitrogen and oxygen atoms in total. The van der Waals surface area contributed by atoms with Crippen molar-refractivity contribution in [2.45, 2.75) is 39.2 Å². The molecule has 0 amide bonds. The molecule has 2 fully saturated rings. The van der Waals surface area contributed by atoms with Crippen LogP contribution in [0.4, 0.5) is 0 Å². The van der Waals surface area contributed by atoms with Crippen LogP contribution in [-0.4, -0.2) is 102 Å².